The lowest BCUT2D eigenvalue weighted by atomic mass is 10.2. The first-order valence-electron chi connectivity index (χ1n) is 7.56. The van der Waals surface area contributed by atoms with Gasteiger partial charge in [-0.2, -0.15) is 10.2 Å². The molecule has 1 aliphatic carbocycles. The Morgan fingerprint density at radius 2 is 2.10 bits per heavy atom. The molecule has 3 rings (SSSR count). The van der Waals surface area contributed by atoms with Gasteiger partial charge in [0.1, 0.15) is 0 Å². The van der Waals surface area contributed by atoms with Crippen molar-refractivity contribution in [3.05, 3.63) is 33.3 Å². The molecule has 0 spiro atoms. The smallest absolute Gasteiger partial charge is 0.0842 e. The highest BCUT2D eigenvalue weighted by molar-refractivity contribution is 9.10. The number of nitrogens with one attached hydrogen (secondary N) is 1. The van der Waals surface area contributed by atoms with Gasteiger partial charge in [-0.3, -0.25) is 9.36 Å². The van der Waals surface area contributed by atoms with Crippen molar-refractivity contribution in [1.29, 1.82) is 0 Å². The number of rotatable bonds is 6. The summed E-state index contributed by atoms with van der Waals surface area (Å²) >= 11 is 3.65. The van der Waals surface area contributed by atoms with Crippen LogP contribution in [0, 0.1) is 13.8 Å². The Labute approximate surface area is 133 Å². The van der Waals surface area contributed by atoms with Crippen LogP contribution in [0.1, 0.15) is 42.4 Å². The number of hydrogen-bond donors (Lipinski definition) is 1. The van der Waals surface area contributed by atoms with E-state index in [0.717, 1.165) is 35.8 Å². The molecule has 114 valence electrons. The van der Waals surface area contributed by atoms with Crippen LogP contribution >= 0.6 is 15.9 Å². The molecule has 1 aliphatic rings. The molecule has 0 amide bonds. The van der Waals surface area contributed by atoms with Crippen LogP contribution in [0.4, 0.5) is 0 Å². The summed E-state index contributed by atoms with van der Waals surface area (Å²) in [5.41, 5.74) is 4.74. The molecule has 0 radical (unpaired) electrons. The molecule has 0 aliphatic heterocycles. The van der Waals surface area contributed by atoms with Gasteiger partial charge in [-0.25, -0.2) is 0 Å². The van der Waals surface area contributed by atoms with Crippen molar-refractivity contribution in [3.8, 4) is 0 Å². The number of halogens is 1. The normalized spacial score (nSPS) is 14.9. The van der Waals surface area contributed by atoms with Crippen molar-refractivity contribution in [2.45, 2.75) is 59.3 Å². The Morgan fingerprint density at radius 3 is 2.76 bits per heavy atom. The second kappa shape index (κ2) is 5.93. The summed E-state index contributed by atoms with van der Waals surface area (Å²) in [6, 6.07) is 0.728. The minimum absolute atomic E-state index is 0.728. The topological polar surface area (TPSA) is 47.7 Å². The third-order valence-corrected chi connectivity index (χ3v) is 5.15. The standard InChI is InChI=1S/C15H22BrN5/c1-4-20-14(15(16)10(2)19-20)9-21-11(3)12(8-18-21)7-17-13-5-6-13/h8,13,17H,4-7,9H2,1-3H3. The molecule has 0 unspecified atom stereocenters. The van der Waals surface area contributed by atoms with Gasteiger partial charge in [0.15, 0.2) is 0 Å². The predicted octanol–water partition coefficient (Wildman–Crippen LogP) is 2.78. The third kappa shape index (κ3) is 3.06. The number of aryl methyl sites for hydroxylation is 2. The lowest BCUT2D eigenvalue weighted by molar-refractivity contribution is 0.566. The summed E-state index contributed by atoms with van der Waals surface area (Å²) in [4.78, 5) is 0. The largest absolute Gasteiger partial charge is 0.310 e. The molecule has 0 atom stereocenters. The first-order valence-corrected chi connectivity index (χ1v) is 8.36. The Bertz CT molecular complexity index is 639. The Balaban J connectivity index is 1.78. The highest BCUT2D eigenvalue weighted by Crippen LogP contribution is 2.23. The van der Waals surface area contributed by atoms with Crippen LogP contribution in [-0.2, 0) is 19.6 Å². The second-order valence-electron chi connectivity index (χ2n) is 5.73. The lowest BCUT2D eigenvalue weighted by Crippen LogP contribution is -2.16. The van der Waals surface area contributed by atoms with Gasteiger partial charge in [0.05, 0.1) is 28.6 Å². The van der Waals surface area contributed by atoms with E-state index < -0.39 is 0 Å². The summed E-state index contributed by atoms with van der Waals surface area (Å²) in [7, 11) is 0. The summed E-state index contributed by atoms with van der Waals surface area (Å²) in [6.07, 6.45) is 4.61. The van der Waals surface area contributed by atoms with E-state index in [4.69, 9.17) is 0 Å². The van der Waals surface area contributed by atoms with E-state index >= 15 is 0 Å². The van der Waals surface area contributed by atoms with Gasteiger partial charge in [0.2, 0.25) is 0 Å². The van der Waals surface area contributed by atoms with Crippen LogP contribution in [0.15, 0.2) is 10.7 Å². The number of aromatic nitrogens is 4. The molecule has 5 nitrogen and oxygen atoms in total. The van der Waals surface area contributed by atoms with Gasteiger partial charge < -0.3 is 5.32 Å². The Kier molecular flexibility index (Phi) is 4.17. The molecule has 2 aromatic rings. The molecule has 2 aromatic heterocycles. The summed E-state index contributed by atoms with van der Waals surface area (Å²) in [5, 5.41) is 12.6. The van der Waals surface area contributed by atoms with Crippen molar-refractivity contribution in [2.75, 3.05) is 0 Å². The minimum Gasteiger partial charge on any atom is -0.310 e. The minimum atomic E-state index is 0.728. The second-order valence-corrected chi connectivity index (χ2v) is 6.52. The fraction of sp³-hybridized carbons (Fsp3) is 0.600. The van der Waals surface area contributed by atoms with Crippen LogP contribution < -0.4 is 5.32 Å². The molecule has 21 heavy (non-hydrogen) atoms. The fourth-order valence-corrected chi connectivity index (χ4v) is 2.93. The van der Waals surface area contributed by atoms with Crippen LogP contribution in [0.2, 0.25) is 0 Å². The van der Waals surface area contributed by atoms with E-state index in [1.807, 2.05) is 17.8 Å². The van der Waals surface area contributed by atoms with Crippen molar-refractivity contribution in [1.82, 2.24) is 24.9 Å². The third-order valence-electron chi connectivity index (χ3n) is 4.12. The SMILES string of the molecule is CCn1nc(C)c(Br)c1Cn1ncc(CNC2CC2)c1C. The van der Waals surface area contributed by atoms with Crippen LogP contribution in [0.5, 0.6) is 0 Å². The number of hydrogen-bond acceptors (Lipinski definition) is 3. The Morgan fingerprint density at radius 1 is 1.33 bits per heavy atom. The lowest BCUT2D eigenvalue weighted by Gasteiger charge is -2.09. The van der Waals surface area contributed by atoms with Crippen LogP contribution in [0.25, 0.3) is 0 Å². The van der Waals surface area contributed by atoms with Gasteiger partial charge in [0.25, 0.3) is 0 Å². The van der Waals surface area contributed by atoms with Crippen molar-refractivity contribution in [3.63, 3.8) is 0 Å². The van der Waals surface area contributed by atoms with E-state index in [2.05, 4.69) is 50.0 Å². The maximum Gasteiger partial charge on any atom is 0.0842 e. The quantitative estimate of drug-likeness (QED) is 0.870. The zero-order chi connectivity index (χ0) is 15.0. The van der Waals surface area contributed by atoms with Crippen molar-refractivity contribution >= 4 is 15.9 Å². The molecular weight excluding hydrogens is 330 g/mol. The van der Waals surface area contributed by atoms with Crippen LogP contribution in [-0.4, -0.2) is 25.6 Å². The van der Waals surface area contributed by atoms with Crippen molar-refractivity contribution in [2.24, 2.45) is 0 Å². The van der Waals surface area contributed by atoms with Gasteiger partial charge in [0, 0.05) is 30.4 Å². The number of nitrogens with zero attached hydrogens (tertiary/aromatic N) is 4. The highest BCUT2D eigenvalue weighted by Gasteiger charge is 2.21. The van der Waals surface area contributed by atoms with E-state index in [1.54, 1.807) is 0 Å². The van der Waals surface area contributed by atoms with Gasteiger partial charge in [-0.15, -0.1) is 0 Å². The molecule has 1 fully saturated rings. The molecule has 1 N–H and O–H groups in total. The maximum atomic E-state index is 4.55. The highest BCUT2D eigenvalue weighted by atomic mass is 79.9. The first-order chi connectivity index (χ1) is 10.1. The molecular formula is C15H22BrN5. The zero-order valence-corrected chi connectivity index (χ0v) is 14.4. The molecule has 0 bridgehead atoms. The molecule has 1 saturated carbocycles. The van der Waals surface area contributed by atoms with E-state index in [1.165, 1.54) is 29.8 Å². The summed E-state index contributed by atoms with van der Waals surface area (Å²) in [6.45, 7) is 8.83. The summed E-state index contributed by atoms with van der Waals surface area (Å²) in [5.74, 6) is 0. The van der Waals surface area contributed by atoms with E-state index in [0.29, 0.717) is 0 Å². The Hall–Kier alpha value is -1.14. The molecule has 0 aromatic carbocycles. The molecule has 0 saturated heterocycles. The summed E-state index contributed by atoms with van der Waals surface area (Å²) < 4.78 is 5.21. The zero-order valence-electron chi connectivity index (χ0n) is 12.9. The van der Waals surface area contributed by atoms with Crippen molar-refractivity contribution < 1.29 is 0 Å². The fourth-order valence-electron chi connectivity index (χ4n) is 2.52. The predicted molar refractivity (Wildman–Crippen MR) is 86.3 cm³/mol. The maximum absolute atomic E-state index is 4.55. The molecule has 6 heteroatoms. The van der Waals surface area contributed by atoms with E-state index in [9.17, 15) is 0 Å². The van der Waals surface area contributed by atoms with Gasteiger partial charge in [-0.1, -0.05) is 0 Å². The van der Waals surface area contributed by atoms with E-state index in [-0.39, 0.29) is 0 Å². The monoisotopic (exact) mass is 351 g/mol. The van der Waals surface area contributed by atoms with Gasteiger partial charge >= 0.3 is 0 Å². The average Bonchev–Trinajstić information content (AvgIpc) is 3.19. The average molecular weight is 352 g/mol. The molecule has 2 heterocycles. The van der Waals surface area contributed by atoms with Gasteiger partial charge in [-0.05, 0) is 49.5 Å². The van der Waals surface area contributed by atoms with Crippen LogP contribution in [0.3, 0.4) is 0 Å². The first kappa shape index (κ1) is 14.8.